The molecule has 0 spiro atoms. The Bertz CT molecular complexity index is 558. The van der Waals surface area contributed by atoms with Gasteiger partial charge in [-0.1, -0.05) is 62.1 Å². The van der Waals surface area contributed by atoms with E-state index >= 15 is 0 Å². The first-order valence-corrected chi connectivity index (χ1v) is 15.5. The zero-order valence-electron chi connectivity index (χ0n) is 22.2. The quantitative estimate of drug-likeness (QED) is 0.114. The lowest BCUT2D eigenvalue weighted by Gasteiger charge is -2.25. The predicted molar refractivity (Wildman–Crippen MR) is 143 cm³/mol. The standard InChI is InChI=1S/C25H47NO7S2/c1-5-25(4,6-2)10-8-23(27)32-18-16-30-14-12-29-13-15-31-17-19-33-24(28)9-11-26(7-3)22-20-34-35-21-22/h22H,5-21H2,1-4H3. The second-order valence-corrected chi connectivity index (χ2v) is 11.4. The fraction of sp³-hybridized carbons (Fsp3) is 0.920. The number of hydrogen-bond acceptors (Lipinski definition) is 10. The molecule has 1 aliphatic rings. The van der Waals surface area contributed by atoms with E-state index in [0.717, 1.165) is 43.9 Å². The second kappa shape index (κ2) is 20.5. The molecule has 1 rings (SSSR count). The normalized spacial score (nSPS) is 14.5. The van der Waals surface area contributed by atoms with E-state index in [-0.39, 0.29) is 30.6 Å². The van der Waals surface area contributed by atoms with Crippen LogP contribution in [0.15, 0.2) is 0 Å². The molecule has 35 heavy (non-hydrogen) atoms. The van der Waals surface area contributed by atoms with Gasteiger partial charge in [0.1, 0.15) is 13.2 Å². The van der Waals surface area contributed by atoms with E-state index in [1.54, 1.807) is 0 Å². The number of ether oxygens (including phenoxy) is 5. The highest BCUT2D eigenvalue weighted by Gasteiger charge is 2.23. The monoisotopic (exact) mass is 537 g/mol. The van der Waals surface area contributed by atoms with Crippen molar-refractivity contribution in [1.29, 1.82) is 0 Å². The molecule has 0 atom stereocenters. The van der Waals surface area contributed by atoms with Crippen molar-refractivity contribution in [3.8, 4) is 0 Å². The van der Waals surface area contributed by atoms with Gasteiger partial charge in [-0.15, -0.1) is 0 Å². The summed E-state index contributed by atoms with van der Waals surface area (Å²) in [6.45, 7) is 13.4. The Hall–Kier alpha value is -0.520. The lowest BCUT2D eigenvalue weighted by atomic mass is 9.80. The van der Waals surface area contributed by atoms with Crippen LogP contribution in [0.2, 0.25) is 0 Å². The Morgan fingerprint density at radius 2 is 1.23 bits per heavy atom. The van der Waals surface area contributed by atoms with Crippen molar-refractivity contribution in [2.75, 3.05) is 77.5 Å². The van der Waals surface area contributed by atoms with Crippen molar-refractivity contribution in [2.24, 2.45) is 5.41 Å². The minimum Gasteiger partial charge on any atom is -0.463 e. The lowest BCUT2D eigenvalue weighted by molar-refractivity contribution is -0.146. The van der Waals surface area contributed by atoms with Crippen LogP contribution in [0.3, 0.4) is 0 Å². The predicted octanol–water partition coefficient (Wildman–Crippen LogP) is 4.20. The molecular formula is C25H47NO7S2. The first kappa shape index (κ1) is 32.5. The Balaban J connectivity index is 1.85. The highest BCUT2D eigenvalue weighted by molar-refractivity contribution is 8.77. The summed E-state index contributed by atoms with van der Waals surface area (Å²) >= 11 is 0. The van der Waals surface area contributed by atoms with Gasteiger partial charge < -0.3 is 23.7 Å². The van der Waals surface area contributed by atoms with Crippen LogP contribution in [0.4, 0.5) is 0 Å². The van der Waals surface area contributed by atoms with E-state index in [0.29, 0.717) is 58.5 Å². The molecule has 0 unspecified atom stereocenters. The molecule has 206 valence electrons. The van der Waals surface area contributed by atoms with Crippen molar-refractivity contribution < 1.29 is 33.3 Å². The molecule has 1 heterocycles. The summed E-state index contributed by atoms with van der Waals surface area (Å²) in [5.74, 6) is 1.92. The van der Waals surface area contributed by atoms with Gasteiger partial charge in [0.25, 0.3) is 0 Å². The molecule has 0 radical (unpaired) electrons. The Morgan fingerprint density at radius 1 is 0.771 bits per heavy atom. The SMILES string of the molecule is CCN(CCC(=O)OCCOCCOCCOCCOC(=O)CCC(C)(CC)CC)C1CSSC1. The van der Waals surface area contributed by atoms with Gasteiger partial charge in [0.2, 0.25) is 0 Å². The van der Waals surface area contributed by atoms with Crippen LogP contribution in [0, 0.1) is 5.41 Å². The lowest BCUT2D eigenvalue weighted by Crippen LogP contribution is -2.38. The zero-order valence-corrected chi connectivity index (χ0v) is 23.9. The van der Waals surface area contributed by atoms with Crippen molar-refractivity contribution >= 4 is 33.5 Å². The molecule has 1 saturated heterocycles. The number of esters is 2. The molecular weight excluding hydrogens is 490 g/mol. The molecule has 8 nitrogen and oxygen atoms in total. The van der Waals surface area contributed by atoms with Crippen LogP contribution in [-0.2, 0) is 33.3 Å². The maximum absolute atomic E-state index is 11.9. The first-order chi connectivity index (χ1) is 16.9. The molecule has 1 aliphatic heterocycles. The Morgan fingerprint density at radius 3 is 1.69 bits per heavy atom. The van der Waals surface area contributed by atoms with Crippen molar-refractivity contribution in [1.82, 2.24) is 4.90 Å². The number of carbonyl (C=O) groups excluding carboxylic acids is 2. The summed E-state index contributed by atoms with van der Waals surface area (Å²) in [6, 6.07) is 0.562. The molecule has 0 amide bonds. The highest BCUT2D eigenvalue weighted by atomic mass is 33.1. The van der Waals surface area contributed by atoms with Crippen LogP contribution < -0.4 is 0 Å². The third-order valence-electron chi connectivity index (χ3n) is 6.50. The average molecular weight is 538 g/mol. The van der Waals surface area contributed by atoms with Crippen LogP contribution in [-0.4, -0.2) is 100 Å². The maximum Gasteiger partial charge on any atom is 0.307 e. The second-order valence-electron chi connectivity index (χ2n) is 8.90. The molecule has 0 aromatic carbocycles. The van der Waals surface area contributed by atoms with E-state index in [9.17, 15) is 9.59 Å². The minimum atomic E-state index is -0.176. The van der Waals surface area contributed by atoms with E-state index in [2.05, 4.69) is 32.6 Å². The van der Waals surface area contributed by atoms with E-state index < -0.39 is 0 Å². The summed E-state index contributed by atoms with van der Waals surface area (Å²) in [7, 11) is 3.81. The summed E-state index contributed by atoms with van der Waals surface area (Å²) in [4.78, 5) is 26.1. The van der Waals surface area contributed by atoms with Gasteiger partial charge in [0.05, 0.1) is 46.1 Å². The van der Waals surface area contributed by atoms with Crippen molar-refractivity contribution in [3.05, 3.63) is 0 Å². The summed E-state index contributed by atoms with van der Waals surface area (Å²) < 4.78 is 26.7. The van der Waals surface area contributed by atoms with E-state index in [1.165, 1.54) is 0 Å². The van der Waals surface area contributed by atoms with Crippen molar-refractivity contribution in [3.63, 3.8) is 0 Å². The number of hydrogen-bond donors (Lipinski definition) is 0. The molecule has 10 heteroatoms. The van der Waals surface area contributed by atoms with Crippen LogP contribution in [0.5, 0.6) is 0 Å². The molecule has 0 saturated carbocycles. The van der Waals surface area contributed by atoms with Gasteiger partial charge in [-0.25, -0.2) is 0 Å². The fourth-order valence-electron chi connectivity index (χ4n) is 3.47. The molecule has 0 aromatic rings. The van der Waals surface area contributed by atoms with Gasteiger partial charge in [0.15, 0.2) is 0 Å². The third kappa shape index (κ3) is 16.0. The molecule has 1 fully saturated rings. The van der Waals surface area contributed by atoms with Crippen LogP contribution >= 0.6 is 21.6 Å². The van der Waals surface area contributed by atoms with Crippen molar-refractivity contribution in [2.45, 2.75) is 65.8 Å². The highest BCUT2D eigenvalue weighted by Crippen LogP contribution is 2.33. The number of carbonyl (C=O) groups is 2. The molecule has 0 aliphatic carbocycles. The minimum absolute atomic E-state index is 0.161. The average Bonchev–Trinajstić information content (AvgIpc) is 3.40. The van der Waals surface area contributed by atoms with Gasteiger partial charge in [-0.05, 0) is 18.4 Å². The maximum atomic E-state index is 11.9. The largest absolute Gasteiger partial charge is 0.463 e. The third-order valence-corrected chi connectivity index (χ3v) is 9.02. The Kier molecular flexibility index (Phi) is 19.1. The fourth-order valence-corrected chi connectivity index (χ4v) is 6.30. The smallest absolute Gasteiger partial charge is 0.307 e. The van der Waals surface area contributed by atoms with Gasteiger partial charge >= 0.3 is 11.9 Å². The molecule has 0 aromatic heterocycles. The summed E-state index contributed by atoms with van der Waals surface area (Å²) in [6.07, 6.45) is 3.86. The van der Waals surface area contributed by atoms with Gasteiger partial charge in [-0.2, -0.15) is 0 Å². The molecule has 0 bridgehead atoms. The zero-order chi connectivity index (χ0) is 25.8. The van der Waals surface area contributed by atoms with Gasteiger partial charge in [0, 0.05) is 30.5 Å². The summed E-state index contributed by atoms with van der Waals surface area (Å²) in [5.41, 5.74) is 0.213. The van der Waals surface area contributed by atoms with Gasteiger partial charge in [-0.3, -0.25) is 14.5 Å². The molecule has 0 N–H and O–H groups in total. The first-order valence-electron chi connectivity index (χ1n) is 13.0. The number of rotatable bonds is 22. The summed E-state index contributed by atoms with van der Waals surface area (Å²) in [5, 5.41) is 0. The van der Waals surface area contributed by atoms with E-state index in [4.69, 9.17) is 23.7 Å². The van der Waals surface area contributed by atoms with Crippen LogP contribution in [0.1, 0.15) is 59.8 Å². The Labute approximate surface area is 220 Å². The van der Waals surface area contributed by atoms with Crippen LogP contribution in [0.25, 0.3) is 0 Å². The van der Waals surface area contributed by atoms with E-state index in [1.807, 2.05) is 21.6 Å². The number of nitrogens with zero attached hydrogens (tertiary/aromatic N) is 1. The topological polar surface area (TPSA) is 83.5 Å².